The van der Waals surface area contributed by atoms with Crippen LogP contribution in [-0.4, -0.2) is 14.9 Å². The number of rotatable bonds is 5. The molecule has 5 heteroatoms. The van der Waals surface area contributed by atoms with Crippen molar-refractivity contribution in [3.8, 4) is 0 Å². The van der Waals surface area contributed by atoms with E-state index in [0.717, 1.165) is 30.2 Å². The normalized spacial score (nSPS) is 11.3. The van der Waals surface area contributed by atoms with Crippen molar-refractivity contribution in [3.05, 3.63) is 47.5 Å². The van der Waals surface area contributed by atoms with Crippen LogP contribution in [0.4, 0.5) is 0 Å². The molecule has 0 aliphatic rings. The molecule has 2 heterocycles. The van der Waals surface area contributed by atoms with Gasteiger partial charge in [-0.15, -0.1) is 0 Å². The van der Waals surface area contributed by atoms with Gasteiger partial charge in [0.2, 0.25) is 0 Å². The fourth-order valence-corrected chi connectivity index (χ4v) is 2.38. The predicted octanol–water partition coefficient (Wildman–Crippen LogP) is 2.64. The first-order valence-electron chi connectivity index (χ1n) is 6.85. The van der Waals surface area contributed by atoms with Crippen molar-refractivity contribution in [1.82, 2.24) is 20.3 Å². The molecular formula is C15H18N4O. The highest BCUT2D eigenvalue weighted by Crippen LogP contribution is 2.18. The Bertz CT molecular complexity index is 714. The quantitative estimate of drug-likeness (QED) is 0.774. The minimum Gasteiger partial charge on any atom is -0.361 e. The number of para-hydroxylation sites is 1. The predicted molar refractivity (Wildman–Crippen MR) is 77.2 cm³/mol. The first-order chi connectivity index (χ1) is 9.78. The first kappa shape index (κ1) is 12.9. The molecule has 2 aromatic heterocycles. The molecule has 104 valence electrons. The standard InChI is InChI=1S/C15H18N4O/c1-3-19-15-7-5-4-6-13(15)14(17-19)10-16-9-12-8-11(2)20-18-12/h4-8,16H,3,9-10H2,1-2H3. The van der Waals surface area contributed by atoms with Gasteiger partial charge in [0.25, 0.3) is 0 Å². The third-order valence-corrected chi connectivity index (χ3v) is 3.31. The van der Waals surface area contributed by atoms with Crippen LogP contribution in [0.1, 0.15) is 24.1 Å². The van der Waals surface area contributed by atoms with E-state index in [-0.39, 0.29) is 0 Å². The summed E-state index contributed by atoms with van der Waals surface area (Å²) >= 11 is 0. The second-order valence-electron chi connectivity index (χ2n) is 4.81. The molecule has 1 N–H and O–H groups in total. The van der Waals surface area contributed by atoms with Crippen molar-refractivity contribution >= 4 is 10.9 Å². The summed E-state index contributed by atoms with van der Waals surface area (Å²) in [4.78, 5) is 0. The van der Waals surface area contributed by atoms with E-state index >= 15 is 0 Å². The van der Waals surface area contributed by atoms with Gasteiger partial charge in [0.1, 0.15) is 5.76 Å². The minimum absolute atomic E-state index is 0.685. The number of nitrogens with one attached hydrogen (secondary N) is 1. The molecule has 0 aliphatic carbocycles. The highest BCUT2D eigenvalue weighted by Gasteiger charge is 2.08. The number of hydrogen-bond acceptors (Lipinski definition) is 4. The average molecular weight is 270 g/mol. The number of nitrogens with zero attached hydrogens (tertiary/aromatic N) is 3. The van der Waals surface area contributed by atoms with Gasteiger partial charge >= 0.3 is 0 Å². The van der Waals surface area contributed by atoms with Crippen LogP contribution in [-0.2, 0) is 19.6 Å². The fourth-order valence-electron chi connectivity index (χ4n) is 2.38. The zero-order chi connectivity index (χ0) is 13.9. The number of aromatic nitrogens is 3. The Kier molecular flexibility index (Phi) is 3.52. The van der Waals surface area contributed by atoms with E-state index in [0.29, 0.717) is 6.54 Å². The van der Waals surface area contributed by atoms with E-state index < -0.39 is 0 Å². The van der Waals surface area contributed by atoms with Gasteiger partial charge in [0.05, 0.1) is 16.9 Å². The van der Waals surface area contributed by atoms with Gasteiger partial charge in [0.15, 0.2) is 0 Å². The molecule has 0 radical (unpaired) electrons. The Morgan fingerprint density at radius 2 is 2.10 bits per heavy atom. The van der Waals surface area contributed by atoms with Gasteiger partial charge in [-0.3, -0.25) is 4.68 Å². The van der Waals surface area contributed by atoms with Crippen LogP contribution in [0.15, 0.2) is 34.9 Å². The molecule has 0 atom stereocenters. The molecule has 0 fully saturated rings. The highest BCUT2D eigenvalue weighted by molar-refractivity contribution is 5.81. The van der Waals surface area contributed by atoms with Gasteiger partial charge in [-0.2, -0.15) is 5.10 Å². The van der Waals surface area contributed by atoms with E-state index in [1.165, 1.54) is 10.9 Å². The summed E-state index contributed by atoms with van der Waals surface area (Å²) in [7, 11) is 0. The van der Waals surface area contributed by atoms with Crippen LogP contribution < -0.4 is 5.32 Å². The molecule has 5 nitrogen and oxygen atoms in total. The average Bonchev–Trinajstić information content (AvgIpc) is 3.03. The molecule has 20 heavy (non-hydrogen) atoms. The van der Waals surface area contributed by atoms with Crippen LogP contribution in [0.2, 0.25) is 0 Å². The SMILES string of the molecule is CCn1nc(CNCc2cc(C)on2)c2ccccc21. The minimum atomic E-state index is 0.685. The van der Waals surface area contributed by atoms with Crippen LogP contribution in [0.25, 0.3) is 10.9 Å². The van der Waals surface area contributed by atoms with E-state index in [1.54, 1.807) is 0 Å². The lowest BCUT2D eigenvalue weighted by atomic mass is 10.2. The maximum atomic E-state index is 5.05. The number of benzene rings is 1. The largest absolute Gasteiger partial charge is 0.361 e. The zero-order valence-electron chi connectivity index (χ0n) is 11.8. The number of aryl methyl sites for hydroxylation is 2. The van der Waals surface area contributed by atoms with Crippen LogP contribution in [0, 0.1) is 6.92 Å². The van der Waals surface area contributed by atoms with Gasteiger partial charge < -0.3 is 9.84 Å². The molecule has 3 rings (SSSR count). The van der Waals surface area contributed by atoms with Gasteiger partial charge in [-0.05, 0) is 19.9 Å². The molecule has 0 spiro atoms. The lowest BCUT2D eigenvalue weighted by Crippen LogP contribution is -2.13. The third-order valence-electron chi connectivity index (χ3n) is 3.31. The summed E-state index contributed by atoms with van der Waals surface area (Å²) in [6, 6.07) is 10.3. The molecule has 0 saturated carbocycles. The molecule has 0 unspecified atom stereocenters. The first-order valence-corrected chi connectivity index (χ1v) is 6.85. The monoisotopic (exact) mass is 270 g/mol. The van der Waals surface area contributed by atoms with Crippen molar-refractivity contribution in [2.75, 3.05) is 0 Å². The Labute approximate surface area is 117 Å². The van der Waals surface area contributed by atoms with Gasteiger partial charge in [-0.1, -0.05) is 23.4 Å². The molecule has 0 amide bonds. The van der Waals surface area contributed by atoms with Crippen molar-refractivity contribution in [3.63, 3.8) is 0 Å². The topological polar surface area (TPSA) is 55.9 Å². The Morgan fingerprint density at radius 1 is 1.25 bits per heavy atom. The summed E-state index contributed by atoms with van der Waals surface area (Å²) in [5.41, 5.74) is 3.17. The van der Waals surface area contributed by atoms with Crippen LogP contribution in [0.3, 0.4) is 0 Å². The lowest BCUT2D eigenvalue weighted by molar-refractivity contribution is 0.388. The Hall–Kier alpha value is -2.14. The number of fused-ring (bicyclic) bond motifs is 1. The maximum absolute atomic E-state index is 5.05. The van der Waals surface area contributed by atoms with E-state index in [2.05, 4.69) is 40.7 Å². The van der Waals surface area contributed by atoms with Crippen LogP contribution >= 0.6 is 0 Å². The smallest absolute Gasteiger partial charge is 0.133 e. The molecule has 3 aromatic rings. The maximum Gasteiger partial charge on any atom is 0.133 e. The summed E-state index contributed by atoms with van der Waals surface area (Å²) in [6.45, 7) is 6.29. The molecule has 0 aliphatic heterocycles. The summed E-state index contributed by atoms with van der Waals surface area (Å²) in [5, 5.41) is 13.2. The van der Waals surface area contributed by atoms with Gasteiger partial charge in [0, 0.05) is 31.1 Å². The van der Waals surface area contributed by atoms with Crippen LogP contribution in [0.5, 0.6) is 0 Å². The Balaban J connectivity index is 1.74. The zero-order valence-corrected chi connectivity index (χ0v) is 11.8. The molecular weight excluding hydrogens is 252 g/mol. The van der Waals surface area contributed by atoms with Crippen molar-refractivity contribution in [2.45, 2.75) is 33.5 Å². The van der Waals surface area contributed by atoms with Crippen molar-refractivity contribution < 1.29 is 4.52 Å². The molecule has 1 aromatic carbocycles. The molecule has 0 bridgehead atoms. The molecule has 0 saturated heterocycles. The highest BCUT2D eigenvalue weighted by atomic mass is 16.5. The van der Waals surface area contributed by atoms with E-state index in [9.17, 15) is 0 Å². The van der Waals surface area contributed by atoms with Gasteiger partial charge in [-0.25, -0.2) is 0 Å². The van der Waals surface area contributed by atoms with E-state index in [1.807, 2.05) is 23.7 Å². The van der Waals surface area contributed by atoms with Crippen molar-refractivity contribution in [2.24, 2.45) is 0 Å². The lowest BCUT2D eigenvalue weighted by Gasteiger charge is -1.99. The van der Waals surface area contributed by atoms with E-state index in [4.69, 9.17) is 4.52 Å². The fraction of sp³-hybridized carbons (Fsp3) is 0.333. The summed E-state index contributed by atoms with van der Waals surface area (Å²) in [5.74, 6) is 0.836. The second kappa shape index (κ2) is 5.46. The second-order valence-corrected chi connectivity index (χ2v) is 4.81. The number of hydrogen-bond donors (Lipinski definition) is 1. The summed E-state index contributed by atoms with van der Waals surface area (Å²) in [6.07, 6.45) is 0. The van der Waals surface area contributed by atoms with Crippen molar-refractivity contribution in [1.29, 1.82) is 0 Å². The third kappa shape index (κ3) is 2.44. The summed E-state index contributed by atoms with van der Waals surface area (Å²) < 4.78 is 7.08. The Morgan fingerprint density at radius 3 is 2.85 bits per heavy atom.